The lowest BCUT2D eigenvalue weighted by Gasteiger charge is -2.11. The molecule has 0 unspecified atom stereocenters. The number of hydrogen-bond donors (Lipinski definition) is 0. The standard InChI is InChI=1S/C2Cl2F4O5S2/c3-1(5,6)14(9,10)13-15(11,12)2(4,7)8. The molecule has 5 nitrogen and oxygen atoms in total. The molecule has 0 heterocycles. The van der Waals surface area contributed by atoms with Gasteiger partial charge in [0.25, 0.3) is 0 Å². The minimum absolute atomic E-state index is 2.53. The Labute approximate surface area is 91.2 Å². The van der Waals surface area contributed by atoms with Gasteiger partial charge in [0.05, 0.1) is 0 Å². The molecule has 0 aliphatic rings. The van der Waals surface area contributed by atoms with Gasteiger partial charge in [0, 0.05) is 0 Å². The first kappa shape index (κ1) is 15.2. The molecule has 0 N–H and O–H groups in total. The minimum Gasteiger partial charge on any atom is -0.190 e. The first-order valence-corrected chi connectivity index (χ1v) is 6.11. The smallest absolute Gasteiger partial charge is 0.190 e. The molecule has 15 heavy (non-hydrogen) atoms. The molecule has 0 fully saturated rings. The molecule has 0 amide bonds. The fraction of sp³-hybridized carbons (Fsp3) is 1.00. The van der Waals surface area contributed by atoms with Crippen molar-refractivity contribution in [3.05, 3.63) is 0 Å². The van der Waals surface area contributed by atoms with Crippen LogP contribution in [0.15, 0.2) is 0 Å². The van der Waals surface area contributed by atoms with Crippen molar-refractivity contribution in [2.45, 2.75) is 9.43 Å². The number of hydrogen-bond acceptors (Lipinski definition) is 5. The van der Waals surface area contributed by atoms with E-state index in [-0.39, 0.29) is 0 Å². The topological polar surface area (TPSA) is 77.5 Å². The Morgan fingerprint density at radius 1 is 0.800 bits per heavy atom. The van der Waals surface area contributed by atoms with Gasteiger partial charge in [0.2, 0.25) is 0 Å². The minimum atomic E-state index is -6.26. The summed E-state index contributed by atoms with van der Waals surface area (Å²) in [5, 5.41) is 0. The van der Waals surface area contributed by atoms with Gasteiger partial charge in [-0.2, -0.15) is 34.4 Å². The SMILES string of the molecule is O=S(=O)(OS(=O)(=O)C(F)(F)Cl)C(F)(F)Cl. The Morgan fingerprint density at radius 3 is 1.13 bits per heavy atom. The molecular weight excluding hydrogens is 315 g/mol. The van der Waals surface area contributed by atoms with Gasteiger partial charge in [-0.05, 0) is 23.2 Å². The molecule has 0 spiro atoms. The van der Waals surface area contributed by atoms with E-state index in [0.29, 0.717) is 0 Å². The molecule has 0 bridgehead atoms. The summed E-state index contributed by atoms with van der Waals surface area (Å²) in [6, 6.07) is 0. The largest absolute Gasteiger partial charge is 0.449 e. The van der Waals surface area contributed by atoms with Crippen LogP contribution < -0.4 is 0 Å². The molecule has 92 valence electrons. The molecule has 0 rings (SSSR count). The third-order valence-corrected chi connectivity index (χ3v) is 4.45. The lowest BCUT2D eigenvalue weighted by molar-refractivity contribution is 0.159. The number of alkyl halides is 6. The molecule has 0 aliphatic heterocycles. The van der Waals surface area contributed by atoms with Gasteiger partial charge < -0.3 is 0 Å². The van der Waals surface area contributed by atoms with Crippen molar-refractivity contribution >= 4 is 43.4 Å². The van der Waals surface area contributed by atoms with Crippen LogP contribution in [0.4, 0.5) is 17.6 Å². The van der Waals surface area contributed by atoms with E-state index in [1.54, 1.807) is 0 Å². The highest BCUT2D eigenvalue weighted by Gasteiger charge is 2.54. The summed E-state index contributed by atoms with van der Waals surface area (Å²) in [4.78, 5) is 0. The van der Waals surface area contributed by atoms with Crippen LogP contribution in [0.5, 0.6) is 0 Å². The second-order valence-corrected chi connectivity index (χ2v) is 6.65. The van der Waals surface area contributed by atoms with Crippen molar-refractivity contribution in [2.24, 2.45) is 0 Å². The first-order valence-electron chi connectivity index (χ1n) is 2.54. The summed E-state index contributed by atoms with van der Waals surface area (Å²) in [5.41, 5.74) is 0. The van der Waals surface area contributed by atoms with E-state index in [4.69, 9.17) is 0 Å². The summed E-state index contributed by atoms with van der Waals surface area (Å²) in [6.07, 6.45) is 0. The number of rotatable bonds is 4. The van der Waals surface area contributed by atoms with E-state index in [2.05, 4.69) is 26.8 Å². The summed E-state index contributed by atoms with van der Waals surface area (Å²) in [5.74, 6) is 0. The zero-order valence-electron chi connectivity index (χ0n) is 6.13. The molecule has 0 saturated carbocycles. The summed E-state index contributed by atoms with van der Waals surface area (Å²) in [6.45, 7) is 0. The highest BCUT2D eigenvalue weighted by molar-refractivity contribution is 8.02. The summed E-state index contributed by atoms with van der Waals surface area (Å²) in [7, 11) is -12.5. The summed E-state index contributed by atoms with van der Waals surface area (Å²) < 4.78 is 80.8. The van der Waals surface area contributed by atoms with Gasteiger partial charge in [-0.3, -0.25) is 0 Å². The molecule has 0 aromatic heterocycles. The average Bonchev–Trinajstić information content (AvgIpc) is 1.77. The number of halogens is 6. The highest BCUT2D eigenvalue weighted by atomic mass is 35.5. The van der Waals surface area contributed by atoms with Crippen molar-refractivity contribution in [2.75, 3.05) is 0 Å². The van der Waals surface area contributed by atoms with Crippen LogP contribution in [0.25, 0.3) is 0 Å². The van der Waals surface area contributed by atoms with Crippen molar-refractivity contribution < 1.29 is 38.0 Å². The zero-order valence-corrected chi connectivity index (χ0v) is 9.27. The third-order valence-electron chi connectivity index (χ3n) is 0.746. The maximum atomic E-state index is 11.9. The van der Waals surface area contributed by atoms with Gasteiger partial charge >= 0.3 is 29.7 Å². The van der Waals surface area contributed by atoms with Crippen molar-refractivity contribution in [1.82, 2.24) is 0 Å². The Bertz CT molecular complexity index is 387. The second-order valence-electron chi connectivity index (χ2n) is 1.87. The van der Waals surface area contributed by atoms with Gasteiger partial charge in [0.15, 0.2) is 0 Å². The predicted octanol–water partition coefficient (Wildman–Crippen LogP) is 1.24. The van der Waals surface area contributed by atoms with E-state index < -0.39 is 29.7 Å². The van der Waals surface area contributed by atoms with Gasteiger partial charge in [-0.15, -0.1) is 3.63 Å². The van der Waals surface area contributed by atoms with E-state index in [0.717, 1.165) is 0 Å². The van der Waals surface area contributed by atoms with Crippen LogP contribution >= 0.6 is 23.2 Å². The molecule has 0 atom stereocenters. The molecule has 0 aromatic rings. The molecule has 0 aromatic carbocycles. The van der Waals surface area contributed by atoms with Gasteiger partial charge in [-0.1, -0.05) is 0 Å². The van der Waals surface area contributed by atoms with Crippen LogP contribution in [-0.4, -0.2) is 26.3 Å². The predicted molar refractivity (Wildman–Crippen MR) is 40.5 cm³/mol. The van der Waals surface area contributed by atoms with Crippen LogP contribution in [0.2, 0.25) is 0 Å². The quantitative estimate of drug-likeness (QED) is 0.576. The Balaban J connectivity index is 5.28. The normalized spacial score (nSPS) is 15.3. The van der Waals surface area contributed by atoms with Crippen LogP contribution in [0, 0.1) is 0 Å². The van der Waals surface area contributed by atoms with E-state index >= 15 is 0 Å². The van der Waals surface area contributed by atoms with Crippen LogP contribution in [0.1, 0.15) is 0 Å². The van der Waals surface area contributed by atoms with Crippen molar-refractivity contribution in [1.29, 1.82) is 0 Å². The maximum absolute atomic E-state index is 11.9. The lowest BCUT2D eigenvalue weighted by atomic mass is 11.6. The highest BCUT2D eigenvalue weighted by Crippen LogP contribution is 2.34. The maximum Gasteiger partial charge on any atom is 0.449 e. The molecule has 0 radical (unpaired) electrons. The fourth-order valence-corrected chi connectivity index (χ4v) is 2.22. The lowest BCUT2D eigenvalue weighted by Crippen LogP contribution is -2.33. The van der Waals surface area contributed by atoms with Crippen LogP contribution in [0.3, 0.4) is 0 Å². The molecule has 13 heteroatoms. The summed E-state index contributed by atoms with van der Waals surface area (Å²) >= 11 is 7.76. The molecule has 0 aliphatic carbocycles. The van der Waals surface area contributed by atoms with Gasteiger partial charge in [-0.25, -0.2) is 0 Å². The molecular formula is C2Cl2F4O5S2. The monoisotopic (exact) mass is 314 g/mol. The van der Waals surface area contributed by atoms with Gasteiger partial charge in [0.1, 0.15) is 0 Å². The Morgan fingerprint density at radius 2 is 1.00 bits per heavy atom. The second kappa shape index (κ2) is 3.87. The van der Waals surface area contributed by atoms with E-state index in [9.17, 15) is 34.4 Å². The third kappa shape index (κ3) is 3.59. The Kier molecular flexibility index (Phi) is 3.92. The van der Waals surface area contributed by atoms with Crippen molar-refractivity contribution in [3.8, 4) is 0 Å². The average molecular weight is 315 g/mol. The van der Waals surface area contributed by atoms with Crippen molar-refractivity contribution in [3.63, 3.8) is 0 Å². The van der Waals surface area contributed by atoms with E-state index in [1.165, 1.54) is 0 Å². The molecule has 0 saturated heterocycles. The zero-order chi connectivity index (χ0) is 12.7. The fourth-order valence-electron chi connectivity index (χ4n) is 0.195. The first-order chi connectivity index (χ1) is 6.21. The van der Waals surface area contributed by atoms with E-state index in [1.807, 2.05) is 0 Å². The Hall–Kier alpha value is 0.160. The van der Waals surface area contributed by atoms with Crippen LogP contribution in [-0.2, 0) is 23.9 Å².